The largest absolute Gasteiger partial charge is 0.294 e. The first-order valence-electron chi connectivity index (χ1n) is 6.61. The monoisotopic (exact) mass is 292 g/mol. The standard InChI is InChI=1S/C17H15F3O/c1-10-5-11(2)7-12(6-10)3-4-16(21)13-8-14(18)17(20)15(19)9-13/h5-9H,3-4H2,1-2H3. The second-order valence-corrected chi connectivity index (χ2v) is 5.17. The second kappa shape index (κ2) is 6.12. The van der Waals surface area contributed by atoms with Gasteiger partial charge in [0.15, 0.2) is 23.2 Å². The predicted octanol–water partition coefficient (Wildman–Crippen LogP) is 4.54. The molecule has 0 radical (unpaired) electrons. The first kappa shape index (κ1) is 15.3. The van der Waals surface area contributed by atoms with E-state index in [0.717, 1.165) is 28.8 Å². The molecule has 0 aliphatic rings. The maximum atomic E-state index is 13.1. The summed E-state index contributed by atoms with van der Waals surface area (Å²) in [6, 6.07) is 7.43. The summed E-state index contributed by atoms with van der Waals surface area (Å²) >= 11 is 0. The van der Waals surface area contributed by atoms with Crippen molar-refractivity contribution in [1.29, 1.82) is 0 Å². The van der Waals surface area contributed by atoms with Crippen molar-refractivity contribution in [2.75, 3.05) is 0 Å². The summed E-state index contributed by atoms with van der Waals surface area (Å²) in [5.74, 6) is -4.65. The fourth-order valence-corrected chi connectivity index (χ4v) is 2.33. The normalized spacial score (nSPS) is 10.7. The molecule has 0 amide bonds. The molecule has 110 valence electrons. The molecule has 0 saturated heterocycles. The van der Waals surface area contributed by atoms with Gasteiger partial charge in [-0.1, -0.05) is 29.3 Å². The highest BCUT2D eigenvalue weighted by molar-refractivity contribution is 5.96. The number of benzene rings is 2. The Morgan fingerprint density at radius 3 is 1.95 bits per heavy atom. The predicted molar refractivity (Wildman–Crippen MR) is 74.9 cm³/mol. The van der Waals surface area contributed by atoms with Crippen molar-refractivity contribution >= 4 is 5.78 Å². The first-order chi connectivity index (χ1) is 9.86. The maximum Gasteiger partial charge on any atom is 0.194 e. The number of hydrogen-bond acceptors (Lipinski definition) is 1. The van der Waals surface area contributed by atoms with Crippen LogP contribution in [0.5, 0.6) is 0 Å². The minimum absolute atomic E-state index is 0.118. The van der Waals surface area contributed by atoms with Gasteiger partial charge in [0.2, 0.25) is 0 Å². The SMILES string of the molecule is Cc1cc(C)cc(CCC(=O)c2cc(F)c(F)c(F)c2)c1. The van der Waals surface area contributed by atoms with Crippen LogP contribution in [0, 0.1) is 31.3 Å². The summed E-state index contributed by atoms with van der Waals surface area (Å²) < 4.78 is 39.1. The highest BCUT2D eigenvalue weighted by Crippen LogP contribution is 2.17. The third kappa shape index (κ3) is 3.72. The minimum atomic E-state index is -1.55. The van der Waals surface area contributed by atoms with Crippen molar-refractivity contribution in [3.8, 4) is 0 Å². The lowest BCUT2D eigenvalue weighted by atomic mass is 10.00. The van der Waals surface area contributed by atoms with Crippen LogP contribution in [0.15, 0.2) is 30.3 Å². The molecular weight excluding hydrogens is 277 g/mol. The summed E-state index contributed by atoms with van der Waals surface area (Å²) in [5.41, 5.74) is 3.03. The molecule has 2 rings (SSSR count). The van der Waals surface area contributed by atoms with Gasteiger partial charge in [0.25, 0.3) is 0 Å². The van der Waals surface area contributed by atoms with Gasteiger partial charge in [-0.2, -0.15) is 0 Å². The topological polar surface area (TPSA) is 17.1 Å². The Balaban J connectivity index is 2.11. The Labute approximate surface area is 121 Å². The van der Waals surface area contributed by atoms with Crippen molar-refractivity contribution in [3.63, 3.8) is 0 Å². The van der Waals surface area contributed by atoms with Gasteiger partial charge in [-0.25, -0.2) is 13.2 Å². The number of carbonyl (C=O) groups excluding carboxylic acids is 1. The van der Waals surface area contributed by atoms with Crippen molar-refractivity contribution in [3.05, 3.63) is 70.0 Å². The van der Waals surface area contributed by atoms with Crippen LogP contribution in [0.2, 0.25) is 0 Å². The van der Waals surface area contributed by atoms with E-state index in [1.54, 1.807) is 0 Å². The van der Waals surface area contributed by atoms with Crippen molar-refractivity contribution in [2.24, 2.45) is 0 Å². The zero-order valence-corrected chi connectivity index (χ0v) is 11.8. The van der Waals surface area contributed by atoms with E-state index < -0.39 is 23.2 Å². The molecule has 21 heavy (non-hydrogen) atoms. The van der Waals surface area contributed by atoms with Crippen molar-refractivity contribution < 1.29 is 18.0 Å². The summed E-state index contributed by atoms with van der Waals surface area (Å²) in [5, 5.41) is 0. The molecule has 0 unspecified atom stereocenters. The molecule has 0 aromatic heterocycles. The van der Waals surface area contributed by atoms with E-state index >= 15 is 0 Å². The third-order valence-corrected chi connectivity index (χ3v) is 3.23. The molecule has 2 aromatic rings. The third-order valence-electron chi connectivity index (χ3n) is 3.23. The van der Waals surface area contributed by atoms with Gasteiger partial charge < -0.3 is 0 Å². The van der Waals surface area contributed by atoms with Crippen molar-refractivity contribution in [1.82, 2.24) is 0 Å². The minimum Gasteiger partial charge on any atom is -0.294 e. The summed E-state index contributed by atoms with van der Waals surface area (Å²) in [6.45, 7) is 3.92. The Bertz CT molecular complexity index is 649. The van der Waals surface area contributed by atoms with Crippen LogP contribution in [-0.2, 0) is 6.42 Å². The molecule has 0 bridgehead atoms. The molecule has 0 N–H and O–H groups in total. The molecule has 0 atom stereocenters. The van der Waals surface area contributed by atoms with Crippen LogP contribution in [-0.4, -0.2) is 5.78 Å². The Morgan fingerprint density at radius 1 is 0.905 bits per heavy atom. The summed E-state index contributed by atoms with van der Waals surface area (Å²) in [6.07, 6.45) is 0.593. The van der Waals surface area contributed by atoms with E-state index in [0.29, 0.717) is 6.42 Å². The quantitative estimate of drug-likeness (QED) is 0.597. The Hall–Kier alpha value is -2.10. The van der Waals surface area contributed by atoms with Gasteiger partial charge in [0.05, 0.1) is 0 Å². The van der Waals surface area contributed by atoms with Crippen LogP contribution >= 0.6 is 0 Å². The number of hydrogen-bond donors (Lipinski definition) is 0. The van der Waals surface area contributed by atoms with Crippen LogP contribution in [0.3, 0.4) is 0 Å². The molecule has 0 fully saturated rings. The highest BCUT2D eigenvalue weighted by atomic mass is 19.2. The van der Waals surface area contributed by atoms with Gasteiger partial charge in [0.1, 0.15) is 0 Å². The molecule has 0 spiro atoms. The number of aryl methyl sites for hydroxylation is 3. The average molecular weight is 292 g/mol. The molecule has 1 nitrogen and oxygen atoms in total. The lowest BCUT2D eigenvalue weighted by Crippen LogP contribution is -2.04. The highest BCUT2D eigenvalue weighted by Gasteiger charge is 2.15. The lowest BCUT2D eigenvalue weighted by Gasteiger charge is -2.06. The van der Waals surface area contributed by atoms with Gasteiger partial charge in [0, 0.05) is 12.0 Å². The Kier molecular flexibility index (Phi) is 4.46. The molecule has 2 aromatic carbocycles. The van der Waals surface area contributed by atoms with Gasteiger partial charge in [-0.3, -0.25) is 4.79 Å². The van der Waals surface area contributed by atoms with Crippen molar-refractivity contribution in [2.45, 2.75) is 26.7 Å². The number of rotatable bonds is 4. The molecule has 0 aliphatic carbocycles. The summed E-state index contributed by atoms with van der Waals surface area (Å²) in [7, 11) is 0. The fourth-order valence-electron chi connectivity index (χ4n) is 2.33. The number of halogens is 3. The molecule has 4 heteroatoms. The molecular formula is C17H15F3O. The fraction of sp³-hybridized carbons (Fsp3) is 0.235. The zero-order valence-electron chi connectivity index (χ0n) is 11.8. The number of Topliss-reactive ketones (excluding diaryl/α,β-unsaturated/α-hetero) is 1. The van der Waals surface area contributed by atoms with Crippen LogP contribution in [0.4, 0.5) is 13.2 Å². The first-order valence-corrected chi connectivity index (χ1v) is 6.61. The van der Waals surface area contributed by atoms with E-state index in [4.69, 9.17) is 0 Å². The summed E-state index contributed by atoms with van der Waals surface area (Å²) in [4.78, 5) is 11.9. The molecule has 0 aliphatic heterocycles. The molecule has 0 heterocycles. The lowest BCUT2D eigenvalue weighted by molar-refractivity contribution is 0.0981. The average Bonchev–Trinajstić information content (AvgIpc) is 2.40. The van der Waals surface area contributed by atoms with Gasteiger partial charge in [-0.15, -0.1) is 0 Å². The van der Waals surface area contributed by atoms with E-state index in [1.165, 1.54) is 0 Å². The van der Waals surface area contributed by atoms with Gasteiger partial charge >= 0.3 is 0 Å². The van der Waals surface area contributed by atoms with E-state index in [1.807, 2.05) is 32.0 Å². The zero-order chi connectivity index (χ0) is 15.6. The smallest absolute Gasteiger partial charge is 0.194 e. The number of carbonyl (C=O) groups is 1. The number of ketones is 1. The van der Waals surface area contributed by atoms with E-state index in [9.17, 15) is 18.0 Å². The van der Waals surface area contributed by atoms with E-state index in [-0.39, 0.29) is 12.0 Å². The van der Waals surface area contributed by atoms with Crippen LogP contribution in [0.25, 0.3) is 0 Å². The van der Waals surface area contributed by atoms with Crippen LogP contribution in [0.1, 0.15) is 33.5 Å². The maximum absolute atomic E-state index is 13.1. The van der Waals surface area contributed by atoms with E-state index in [2.05, 4.69) is 0 Å². The van der Waals surface area contributed by atoms with Gasteiger partial charge in [-0.05, 0) is 38.0 Å². The second-order valence-electron chi connectivity index (χ2n) is 5.17. The van der Waals surface area contributed by atoms with Crippen LogP contribution < -0.4 is 0 Å². The Morgan fingerprint density at radius 2 is 1.43 bits per heavy atom. The molecule has 0 saturated carbocycles.